The summed E-state index contributed by atoms with van der Waals surface area (Å²) < 4.78 is 40.0. The first-order valence-corrected chi connectivity index (χ1v) is 6.45. The van der Waals surface area contributed by atoms with Crippen LogP contribution < -0.4 is 5.73 Å². The molecule has 0 aromatic rings. The van der Waals surface area contributed by atoms with Gasteiger partial charge in [-0.2, -0.15) is 24.9 Å². The summed E-state index contributed by atoms with van der Waals surface area (Å²) in [5, 5.41) is 0. The van der Waals surface area contributed by atoms with Crippen molar-refractivity contribution < 1.29 is 17.9 Å². The third kappa shape index (κ3) is 4.93. The van der Waals surface area contributed by atoms with E-state index in [0.29, 0.717) is 13.0 Å². The second kappa shape index (κ2) is 6.12. The molecule has 1 fully saturated rings. The van der Waals surface area contributed by atoms with Gasteiger partial charge in [0.25, 0.3) is 0 Å². The van der Waals surface area contributed by atoms with E-state index in [2.05, 4.69) is 4.74 Å². The number of hydrogen-bond acceptors (Lipinski definition) is 3. The lowest BCUT2D eigenvalue weighted by molar-refractivity contribution is -0.174. The highest BCUT2D eigenvalue weighted by atomic mass is 32.2. The van der Waals surface area contributed by atoms with E-state index in [4.69, 9.17) is 5.73 Å². The highest BCUT2D eigenvalue weighted by Gasteiger charge is 2.32. The topological polar surface area (TPSA) is 35.2 Å². The van der Waals surface area contributed by atoms with Gasteiger partial charge in [-0.1, -0.05) is 0 Å². The molecular weight excluding hydrogens is 239 g/mol. The molecule has 0 aliphatic carbocycles. The molecule has 0 bridgehead atoms. The van der Waals surface area contributed by atoms with Gasteiger partial charge < -0.3 is 10.5 Å². The fourth-order valence-corrected chi connectivity index (χ4v) is 3.32. The van der Waals surface area contributed by atoms with Gasteiger partial charge in [-0.25, -0.2) is 0 Å². The van der Waals surface area contributed by atoms with Crippen LogP contribution in [0.4, 0.5) is 13.2 Å². The van der Waals surface area contributed by atoms with Crippen LogP contribution in [0.15, 0.2) is 0 Å². The van der Waals surface area contributed by atoms with Gasteiger partial charge >= 0.3 is 6.18 Å². The number of hydrogen-bond donors (Lipinski definition) is 1. The molecule has 1 heterocycles. The molecule has 0 saturated carbocycles. The molecule has 0 amide bonds. The van der Waals surface area contributed by atoms with Crippen LogP contribution in [0.3, 0.4) is 0 Å². The predicted octanol–water partition coefficient (Wildman–Crippen LogP) is 2.57. The van der Waals surface area contributed by atoms with E-state index in [0.717, 1.165) is 25.0 Å². The largest absolute Gasteiger partial charge is 0.411 e. The Kier molecular flexibility index (Phi) is 5.40. The lowest BCUT2D eigenvalue weighted by Crippen LogP contribution is -2.32. The van der Waals surface area contributed by atoms with E-state index >= 15 is 0 Å². The zero-order valence-electron chi connectivity index (χ0n) is 9.18. The van der Waals surface area contributed by atoms with Crippen LogP contribution in [0, 0.1) is 0 Å². The van der Waals surface area contributed by atoms with E-state index in [1.807, 2.05) is 11.8 Å². The van der Waals surface area contributed by atoms with Crippen molar-refractivity contribution >= 4 is 11.8 Å². The molecule has 16 heavy (non-hydrogen) atoms. The van der Waals surface area contributed by atoms with E-state index in [1.165, 1.54) is 0 Å². The van der Waals surface area contributed by atoms with Crippen LogP contribution >= 0.6 is 11.8 Å². The summed E-state index contributed by atoms with van der Waals surface area (Å²) in [6, 6.07) is 0. The molecule has 0 spiro atoms. The van der Waals surface area contributed by atoms with Crippen LogP contribution in [-0.2, 0) is 4.74 Å². The fourth-order valence-electron chi connectivity index (χ4n) is 1.90. The van der Waals surface area contributed by atoms with Crippen LogP contribution in [0.1, 0.15) is 25.7 Å². The van der Waals surface area contributed by atoms with Gasteiger partial charge in [0.2, 0.25) is 0 Å². The normalized spacial score (nSPS) is 26.2. The van der Waals surface area contributed by atoms with Gasteiger partial charge in [0.1, 0.15) is 6.61 Å². The molecule has 1 aliphatic rings. The molecule has 1 unspecified atom stereocenters. The molecular formula is C10H18F3NOS. The van der Waals surface area contributed by atoms with Gasteiger partial charge in [0.05, 0.1) is 0 Å². The summed E-state index contributed by atoms with van der Waals surface area (Å²) in [4.78, 5) is 0. The molecule has 1 rings (SSSR count). The van der Waals surface area contributed by atoms with E-state index < -0.39 is 12.8 Å². The minimum atomic E-state index is -4.21. The Labute approximate surface area is 98.1 Å². The number of halogens is 3. The summed E-state index contributed by atoms with van der Waals surface area (Å²) in [5.74, 6) is 1.11. The monoisotopic (exact) mass is 257 g/mol. The smallest absolute Gasteiger partial charge is 0.372 e. The Hall–Kier alpha value is 0.0600. The van der Waals surface area contributed by atoms with Crippen molar-refractivity contribution in [3.05, 3.63) is 0 Å². The molecule has 1 aliphatic heterocycles. The summed E-state index contributed by atoms with van der Waals surface area (Å²) in [6.07, 6.45) is -0.474. The van der Waals surface area contributed by atoms with Gasteiger partial charge in [-0.3, -0.25) is 0 Å². The standard InChI is InChI=1S/C10H18F3NOS/c11-10(12,13)8-15-5-1-3-9(7-14)4-2-6-16-9/h1-8,14H2. The maximum atomic E-state index is 11.8. The zero-order chi connectivity index (χ0) is 12.1. The average molecular weight is 257 g/mol. The summed E-state index contributed by atoms with van der Waals surface area (Å²) in [6.45, 7) is -0.367. The van der Waals surface area contributed by atoms with Crippen LogP contribution in [0.5, 0.6) is 0 Å². The number of ether oxygens (including phenoxy) is 1. The Bertz CT molecular complexity index is 205. The average Bonchev–Trinajstić information content (AvgIpc) is 2.65. The van der Waals surface area contributed by atoms with Gasteiger partial charge in [0, 0.05) is 17.9 Å². The Morgan fingerprint density at radius 3 is 2.62 bits per heavy atom. The van der Waals surface area contributed by atoms with Crippen molar-refractivity contribution in [1.29, 1.82) is 0 Å². The quantitative estimate of drug-likeness (QED) is 0.743. The van der Waals surface area contributed by atoms with Gasteiger partial charge in [-0.05, 0) is 31.4 Å². The van der Waals surface area contributed by atoms with Crippen molar-refractivity contribution in [2.24, 2.45) is 5.73 Å². The molecule has 0 aromatic carbocycles. The Morgan fingerprint density at radius 1 is 1.38 bits per heavy atom. The van der Waals surface area contributed by atoms with Crippen LogP contribution in [0.2, 0.25) is 0 Å². The van der Waals surface area contributed by atoms with E-state index in [-0.39, 0.29) is 11.4 Å². The van der Waals surface area contributed by atoms with Crippen molar-refractivity contribution in [1.82, 2.24) is 0 Å². The maximum absolute atomic E-state index is 11.8. The van der Waals surface area contributed by atoms with Gasteiger partial charge in [0.15, 0.2) is 0 Å². The third-order valence-electron chi connectivity index (χ3n) is 2.74. The summed E-state index contributed by atoms with van der Waals surface area (Å²) in [7, 11) is 0. The summed E-state index contributed by atoms with van der Waals surface area (Å²) in [5.41, 5.74) is 5.71. The highest BCUT2D eigenvalue weighted by molar-refractivity contribution is 8.00. The minimum absolute atomic E-state index is 0.0988. The molecule has 96 valence electrons. The maximum Gasteiger partial charge on any atom is 0.411 e. The van der Waals surface area contributed by atoms with Crippen LogP contribution in [-0.4, -0.2) is 36.4 Å². The molecule has 0 aromatic heterocycles. The van der Waals surface area contributed by atoms with Crippen LogP contribution in [0.25, 0.3) is 0 Å². The molecule has 2 nitrogen and oxygen atoms in total. The van der Waals surface area contributed by atoms with Crippen molar-refractivity contribution in [2.75, 3.05) is 25.5 Å². The van der Waals surface area contributed by atoms with Crippen molar-refractivity contribution in [3.8, 4) is 0 Å². The number of rotatable bonds is 6. The highest BCUT2D eigenvalue weighted by Crippen LogP contribution is 2.40. The van der Waals surface area contributed by atoms with Crippen molar-refractivity contribution in [3.63, 3.8) is 0 Å². The first-order chi connectivity index (χ1) is 7.47. The molecule has 0 radical (unpaired) electrons. The van der Waals surface area contributed by atoms with Crippen molar-refractivity contribution in [2.45, 2.75) is 36.6 Å². The minimum Gasteiger partial charge on any atom is -0.372 e. The lowest BCUT2D eigenvalue weighted by Gasteiger charge is -2.26. The number of nitrogens with two attached hydrogens (primary N) is 1. The Morgan fingerprint density at radius 2 is 2.12 bits per heavy atom. The van der Waals surface area contributed by atoms with E-state index in [9.17, 15) is 13.2 Å². The zero-order valence-corrected chi connectivity index (χ0v) is 10.0. The first-order valence-electron chi connectivity index (χ1n) is 5.46. The molecule has 2 N–H and O–H groups in total. The number of alkyl halides is 3. The third-order valence-corrected chi connectivity index (χ3v) is 4.42. The molecule has 1 saturated heterocycles. The summed E-state index contributed by atoms with van der Waals surface area (Å²) >= 11 is 1.85. The SMILES string of the molecule is NCC1(CCCOCC(F)(F)F)CCCS1. The molecule has 1 atom stereocenters. The Balaban J connectivity index is 2.10. The first kappa shape index (κ1) is 14.1. The number of thioether (sulfide) groups is 1. The second-order valence-corrected chi connectivity index (χ2v) is 5.67. The second-order valence-electron chi connectivity index (χ2n) is 4.11. The van der Waals surface area contributed by atoms with Gasteiger partial charge in [-0.15, -0.1) is 0 Å². The molecule has 6 heteroatoms. The lowest BCUT2D eigenvalue weighted by atomic mass is 9.98. The fraction of sp³-hybridized carbons (Fsp3) is 1.00. The van der Waals surface area contributed by atoms with E-state index in [1.54, 1.807) is 0 Å². The predicted molar refractivity (Wildman–Crippen MR) is 59.6 cm³/mol.